The van der Waals surface area contributed by atoms with Gasteiger partial charge in [-0.3, -0.25) is 4.57 Å². The van der Waals surface area contributed by atoms with Gasteiger partial charge in [-0.05, 0) is 17.7 Å². The van der Waals surface area contributed by atoms with E-state index in [1.165, 1.54) is 38.5 Å². The molecule has 1 unspecified atom stereocenters. The molecule has 1 atom stereocenters. The highest BCUT2D eigenvalue weighted by Gasteiger charge is 2.11. The Bertz CT molecular complexity index is 168. The van der Waals surface area contributed by atoms with Crippen molar-refractivity contribution in [3.05, 3.63) is 0 Å². The highest BCUT2D eigenvalue weighted by atomic mass is 35.7. The Morgan fingerprint density at radius 3 is 1.86 bits per heavy atom. The summed E-state index contributed by atoms with van der Waals surface area (Å²) in [7, 11) is 0. The van der Waals surface area contributed by atoms with Gasteiger partial charge in [0, 0.05) is 6.16 Å². The van der Waals surface area contributed by atoms with Gasteiger partial charge in [0.05, 0.1) is 0 Å². The molecule has 0 bridgehead atoms. The van der Waals surface area contributed by atoms with E-state index in [1.54, 1.807) is 0 Å². The lowest BCUT2D eigenvalue weighted by Crippen LogP contribution is -1.85. The van der Waals surface area contributed by atoms with Crippen molar-refractivity contribution in [3.8, 4) is 0 Å². The van der Waals surface area contributed by atoms with Crippen LogP contribution in [0.15, 0.2) is 0 Å². The Hall–Kier alpha value is 0.480. The predicted molar refractivity (Wildman–Crippen MR) is 63.2 cm³/mol. The van der Waals surface area contributed by atoms with Crippen LogP contribution in [0, 0.1) is 0 Å². The van der Waals surface area contributed by atoms with Crippen molar-refractivity contribution in [2.24, 2.45) is 0 Å². The van der Waals surface area contributed by atoms with E-state index < -0.39 is 6.72 Å². The van der Waals surface area contributed by atoms with Gasteiger partial charge in [0.25, 0.3) is 6.72 Å². The molecular formula is C10H22ClO2P. The second-order valence-electron chi connectivity index (χ2n) is 3.81. The van der Waals surface area contributed by atoms with Gasteiger partial charge in [-0.15, -0.1) is 0 Å². The molecule has 0 fully saturated rings. The van der Waals surface area contributed by atoms with Crippen molar-refractivity contribution in [3.63, 3.8) is 0 Å². The average Bonchev–Trinajstić information content (AvgIpc) is 2.08. The maximum absolute atomic E-state index is 10.7. The molecule has 1 N–H and O–H groups in total. The lowest BCUT2D eigenvalue weighted by atomic mass is 10.1. The van der Waals surface area contributed by atoms with Crippen molar-refractivity contribution < 1.29 is 9.46 Å². The fourth-order valence-electron chi connectivity index (χ4n) is 1.44. The third kappa shape index (κ3) is 12.5. The maximum Gasteiger partial charge on any atom is 0.287 e. The first-order chi connectivity index (χ1) is 6.56. The van der Waals surface area contributed by atoms with Gasteiger partial charge in [-0.25, -0.2) is 0 Å². The van der Waals surface area contributed by atoms with Crippen LogP contribution in [0.25, 0.3) is 0 Å². The molecule has 0 aromatic rings. The zero-order chi connectivity index (χ0) is 10.9. The van der Waals surface area contributed by atoms with Crippen molar-refractivity contribution in [2.45, 2.75) is 58.3 Å². The summed E-state index contributed by atoms with van der Waals surface area (Å²) in [5.74, 6) is 0. The summed E-state index contributed by atoms with van der Waals surface area (Å²) >= 11 is 5.23. The fraction of sp³-hybridized carbons (Fsp3) is 1.00. The molecule has 0 aromatic carbocycles. The Morgan fingerprint density at radius 1 is 1.00 bits per heavy atom. The molecule has 0 amide bonds. The lowest BCUT2D eigenvalue weighted by Gasteiger charge is -2.02. The van der Waals surface area contributed by atoms with Gasteiger partial charge >= 0.3 is 0 Å². The average molecular weight is 241 g/mol. The Balaban J connectivity index is 3.03. The van der Waals surface area contributed by atoms with Crippen LogP contribution in [0.1, 0.15) is 58.3 Å². The standard InChI is InChI=1S/C10H22ClO2P/c1-2-3-4-5-6-7-8-9-10-14(11,12)13/h2-10H2,1H3,(H,12,13). The molecule has 0 radical (unpaired) electrons. The Kier molecular flexibility index (Phi) is 9.06. The summed E-state index contributed by atoms with van der Waals surface area (Å²) in [6.45, 7) is -1.05. The van der Waals surface area contributed by atoms with Crippen LogP contribution in [0.4, 0.5) is 0 Å². The molecule has 0 aliphatic carbocycles. The van der Waals surface area contributed by atoms with Crippen LogP contribution in [0.5, 0.6) is 0 Å². The fourth-order valence-corrected chi connectivity index (χ4v) is 2.41. The van der Waals surface area contributed by atoms with Gasteiger partial charge in [-0.2, -0.15) is 0 Å². The summed E-state index contributed by atoms with van der Waals surface area (Å²) in [5.41, 5.74) is 0. The highest BCUT2D eigenvalue weighted by Crippen LogP contribution is 2.46. The van der Waals surface area contributed by atoms with E-state index in [1.807, 2.05) is 0 Å². The number of hydrogen-bond acceptors (Lipinski definition) is 1. The SMILES string of the molecule is CCCCCCCCCCP(=O)(O)Cl. The van der Waals surface area contributed by atoms with E-state index in [-0.39, 0.29) is 6.16 Å². The first kappa shape index (κ1) is 14.5. The van der Waals surface area contributed by atoms with Crippen molar-refractivity contribution >= 4 is 18.0 Å². The van der Waals surface area contributed by atoms with Gasteiger partial charge < -0.3 is 4.89 Å². The molecule has 0 saturated heterocycles. The molecule has 2 nitrogen and oxygen atoms in total. The van der Waals surface area contributed by atoms with Gasteiger partial charge in [0.15, 0.2) is 0 Å². The summed E-state index contributed by atoms with van der Waals surface area (Å²) in [6.07, 6.45) is 9.72. The van der Waals surface area contributed by atoms with Gasteiger partial charge in [0.1, 0.15) is 0 Å². The molecule has 0 heterocycles. The van der Waals surface area contributed by atoms with E-state index in [2.05, 4.69) is 6.92 Å². The van der Waals surface area contributed by atoms with Crippen molar-refractivity contribution in [1.82, 2.24) is 0 Å². The van der Waals surface area contributed by atoms with Crippen LogP contribution in [0.3, 0.4) is 0 Å². The molecule has 0 aliphatic rings. The predicted octanol–water partition coefficient (Wildman–Crippen LogP) is 4.55. The van der Waals surface area contributed by atoms with Crippen LogP contribution in [-0.4, -0.2) is 11.1 Å². The lowest BCUT2D eigenvalue weighted by molar-refractivity contribution is 0.491. The van der Waals surface area contributed by atoms with Crippen LogP contribution < -0.4 is 0 Å². The summed E-state index contributed by atoms with van der Waals surface area (Å²) in [4.78, 5) is 8.81. The first-order valence-corrected chi connectivity index (χ1v) is 8.32. The Morgan fingerprint density at radius 2 is 1.43 bits per heavy atom. The van der Waals surface area contributed by atoms with Crippen LogP contribution in [0.2, 0.25) is 0 Å². The normalized spacial score (nSPS) is 15.4. The van der Waals surface area contributed by atoms with Crippen molar-refractivity contribution in [1.29, 1.82) is 0 Å². The summed E-state index contributed by atoms with van der Waals surface area (Å²) in [6, 6.07) is 0. The van der Waals surface area contributed by atoms with E-state index >= 15 is 0 Å². The molecule has 86 valence electrons. The van der Waals surface area contributed by atoms with Gasteiger partial charge in [0.2, 0.25) is 0 Å². The minimum absolute atomic E-state index is 0.267. The number of rotatable bonds is 9. The zero-order valence-electron chi connectivity index (χ0n) is 9.04. The van der Waals surface area contributed by atoms with E-state index in [4.69, 9.17) is 16.1 Å². The summed E-state index contributed by atoms with van der Waals surface area (Å²) in [5, 5.41) is 0. The number of unbranched alkanes of at least 4 members (excludes halogenated alkanes) is 7. The molecule has 0 aromatic heterocycles. The number of hydrogen-bond donors (Lipinski definition) is 1. The highest BCUT2D eigenvalue weighted by molar-refractivity contribution is 7.84. The quantitative estimate of drug-likeness (QED) is 0.474. The maximum atomic E-state index is 10.7. The second kappa shape index (κ2) is 8.76. The molecule has 14 heavy (non-hydrogen) atoms. The van der Waals surface area contributed by atoms with E-state index in [0.717, 1.165) is 12.8 Å². The topological polar surface area (TPSA) is 37.3 Å². The minimum Gasteiger partial charge on any atom is -0.333 e. The largest absolute Gasteiger partial charge is 0.333 e. The smallest absolute Gasteiger partial charge is 0.287 e. The van der Waals surface area contributed by atoms with E-state index in [0.29, 0.717) is 0 Å². The second-order valence-corrected chi connectivity index (χ2v) is 7.08. The third-order valence-corrected chi connectivity index (χ3v) is 3.66. The molecule has 0 saturated carbocycles. The Labute approximate surface area is 92.3 Å². The molecule has 0 spiro atoms. The molecular weight excluding hydrogens is 219 g/mol. The van der Waals surface area contributed by atoms with Gasteiger partial charge in [-0.1, -0.05) is 51.9 Å². The zero-order valence-corrected chi connectivity index (χ0v) is 10.7. The third-order valence-electron chi connectivity index (χ3n) is 2.29. The monoisotopic (exact) mass is 240 g/mol. The molecule has 0 rings (SSSR count). The minimum atomic E-state index is -3.26. The first-order valence-electron chi connectivity index (χ1n) is 5.57. The van der Waals surface area contributed by atoms with E-state index in [9.17, 15) is 4.57 Å². The molecule has 0 aliphatic heterocycles. The number of halogens is 1. The van der Waals surface area contributed by atoms with Crippen LogP contribution >= 0.6 is 18.0 Å². The summed E-state index contributed by atoms with van der Waals surface area (Å²) < 4.78 is 10.7. The van der Waals surface area contributed by atoms with Crippen molar-refractivity contribution in [2.75, 3.05) is 6.16 Å². The van der Waals surface area contributed by atoms with Crippen LogP contribution in [-0.2, 0) is 4.57 Å². The molecule has 4 heteroatoms.